The minimum Gasteiger partial charge on any atom is -0.370 e. The molecule has 98 valence electrons. The van der Waals surface area contributed by atoms with Gasteiger partial charge in [-0.25, -0.2) is 4.98 Å². The predicted molar refractivity (Wildman–Crippen MR) is 68.9 cm³/mol. The van der Waals surface area contributed by atoms with E-state index in [2.05, 4.69) is 14.9 Å². The van der Waals surface area contributed by atoms with Gasteiger partial charge in [-0.15, -0.1) is 0 Å². The number of carbonyl (C=O) groups is 1. The molecular weight excluding hydrogens is 252 g/mol. The number of primary amides is 1. The fourth-order valence-electron chi connectivity index (χ4n) is 2.28. The number of hydrogen-bond acceptors (Lipinski definition) is 4. The average Bonchev–Trinajstić information content (AvgIpc) is 2.34. The van der Waals surface area contributed by atoms with Crippen LogP contribution in [0.4, 0.5) is 0 Å². The molecular formula is C12H17ClN4O. The zero-order valence-electron chi connectivity index (χ0n) is 10.2. The molecule has 0 radical (unpaired) electrons. The van der Waals surface area contributed by atoms with Crippen LogP contribution in [0.15, 0.2) is 12.4 Å². The highest BCUT2D eigenvalue weighted by Gasteiger charge is 2.20. The maximum Gasteiger partial charge on any atom is 0.217 e. The largest absolute Gasteiger partial charge is 0.370 e. The highest BCUT2D eigenvalue weighted by Crippen LogP contribution is 2.21. The first-order valence-electron chi connectivity index (χ1n) is 6.10. The SMILES string of the molecule is NC(=O)CC1CCN(Cc2cnc(Cl)cn2)CC1. The minimum atomic E-state index is -0.197. The molecule has 1 amide bonds. The van der Waals surface area contributed by atoms with E-state index in [1.165, 1.54) is 0 Å². The smallest absolute Gasteiger partial charge is 0.217 e. The van der Waals surface area contributed by atoms with Crippen LogP contribution in [-0.4, -0.2) is 33.9 Å². The molecule has 0 unspecified atom stereocenters. The molecule has 0 aliphatic carbocycles. The Balaban J connectivity index is 1.79. The van der Waals surface area contributed by atoms with Crippen molar-refractivity contribution in [1.29, 1.82) is 0 Å². The lowest BCUT2D eigenvalue weighted by atomic mass is 9.93. The fraction of sp³-hybridized carbons (Fsp3) is 0.583. The first-order valence-corrected chi connectivity index (χ1v) is 6.48. The van der Waals surface area contributed by atoms with Crippen LogP contribution in [0, 0.1) is 5.92 Å². The van der Waals surface area contributed by atoms with E-state index in [0.29, 0.717) is 17.5 Å². The van der Waals surface area contributed by atoms with Crippen molar-refractivity contribution in [3.63, 3.8) is 0 Å². The molecule has 1 saturated heterocycles. The summed E-state index contributed by atoms with van der Waals surface area (Å²) in [6.45, 7) is 2.73. The molecule has 18 heavy (non-hydrogen) atoms. The Kier molecular flexibility index (Phi) is 4.49. The monoisotopic (exact) mass is 268 g/mol. The lowest BCUT2D eigenvalue weighted by molar-refractivity contribution is -0.119. The van der Waals surface area contributed by atoms with Crippen molar-refractivity contribution in [2.24, 2.45) is 11.7 Å². The summed E-state index contributed by atoms with van der Waals surface area (Å²) in [5, 5.41) is 0.416. The first kappa shape index (κ1) is 13.2. The predicted octanol–water partition coefficient (Wildman–Crippen LogP) is 1.22. The molecule has 0 saturated carbocycles. The highest BCUT2D eigenvalue weighted by molar-refractivity contribution is 6.29. The summed E-state index contributed by atoms with van der Waals surface area (Å²) < 4.78 is 0. The molecule has 0 spiro atoms. The molecule has 1 aliphatic rings. The van der Waals surface area contributed by atoms with Crippen LogP contribution < -0.4 is 5.73 Å². The molecule has 2 heterocycles. The van der Waals surface area contributed by atoms with Gasteiger partial charge in [0.1, 0.15) is 5.15 Å². The van der Waals surface area contributed by atoms with Gasteiger partial charge in [0, 0.05) is 13.0 Å². The maximum absolute atomic E-state index is 10.8. The number of hydrogen-bond donors (Lipinski definition) is 1. The van der Waals surface area contributed by atoms with E-state index in [0.717, 1.165) is 38.2 Å². The van der Waals surface area contributed by atoms with E-state index in [4.69, 9.17) is 17.3 Å². The van der Waals surface area contributed by atoms with Crippen molar-refractivity contribution >= 4 is 17.5 Å². The summed E-state index contributed by atoms with van der Waals surface area (Å²) in [7, 11) is 0. The summed E-state index contributed by atoms with van der Waals surface area (Å²) in [5.74, 6) is 0.243. The van der Waals surface area contributed by atoms with Gasteiger partial charge in [0.25, 0.3) is 0 Å². The molecule has 5 nitrogen and oxygen atoms in total. The molecule has 6 heteroatoms. The minimum absolute atomic E-state index is 0.197. The highest BCUT2D eigenvalue weighted by atomic mass is 35.5. The Hall–Kier alpha value is -1.20. The van der Waals surface area contributed by atoms with Crippen LogP contribution in [-0.2, 0) is 11.3 Å². The molecule has 2 N–H and O–H groups in total. The van der Waals surface area contributed by atoms with Gasteiger partial charge in [-0.2, -0.15) is 0 Å². The van der Waals surface area contributed by atoms with Crippen LogP contribution in [0.1, 0.15) is 25.0 Å². The standard InChI is InChI=1S/C12H17ClN4O/c13-11-7-15-10(6-16-11)8-17-3-1-9(2-4-17)5-12(14)18/h6-7,9H,1-5,8H2,(H2,14,18). The number of amides is 1. The summed E-state index contributed by atoms with van der Waals surface area (Å²) in [5.41, 5.74) is 6.14. The molecule has 1 aromatic heterocycles. The molecule has 1 aliphatic heterocycles. The van der Waals surface area contributed by atoms with Crippen molar-refractivity contribution in [3.05, 3.63) is 23.2 Å². The van der Waals surface area contributed by atoms with Crippen LogP contribution in [0.2, 0.25) is 5.15 Å². The van der Waals surface area contributed by atoms with Crippen molar-refractivity contribution in [1.82, 2.24) is 14.9 Å². The Labute approximate surface area is 111 Å². The molecule has 0 atom stereocenters. The number of aromatic nitrogens is 2. The van der Waals surface area contributed by atoms with Gasteiger partial charge in [0.15, 0.2) is 0 Å². The quantitative estimate of drug-likeness (QED) is 0.891. The number of piperidine rings is 1. The average molecular weight is 269 g/mol. The zero-order valence-corrected chi connectivity index (χ0v) is 10.9. The van der Waals surface area contributed by atoms with Crippen molar-refractivity contribution in [2.45, 2.75) is 25.8 Å². The number of nitrogens with zero attached hydrogens (tertiary/aromatic N) is 3. The Bertz CT molecular complexity index is 401. The summed E-state index contributed by atoms with van der Waals surface area (Å²) in [6.07, 6.45) is 5.82. The van der Waals surface area contributed by atoms with Gasteiger partial charge >= 0.3 is 0 Å². The first-order chi connectivity index (χ1) is 8.63. The molecule has 0 aromatic carbocycles. The Morgan fingerprint density at radius 2 is 2.11 bits per heavy atom. The van der Waals surface area contributed by atoms with Crippen LogP contribution in [0.3, 0.4) is 0 Å². The topological polar surface area (TPSA) is 72.1 Å². The van der Waals surface area contributed by atoms with Crippen LogP contribution >= 0.6 is 11.6 Å². The molecule has 2 rings (SSSR count). The van der Waals surface area contributed by atoms with Crippen LogP contribution in [0.25, 0.3) is 0 Å². The van der Waals surface area contributed by atoms with E-state index < -0.39 is 0 Å². The van der Waals surface area contributed by atoms with Gasteiger partial charge in [-0.05, 0) is 31.8 Å². The third-order valence-corrected chi connectivity index (χ3v) is 3.45. The Morgan fingerprint density at radius 1 is 1.39 bits per heavy atom. The van der Waals surface area contributed by atoms with E-state index in [9.17, 15) is 4.79 Å². The van der Waals surface area contributed by atoms with E-state index in [1.54, 1.807) is 12.4 Å². The van der Waals surface area contributed by atoms with Gasteiger partial charge < -0.3 is 5.73 Å². The van der Waals surface area contributed by atoms with Crippen molar-refractivity contribution in [2.75, 3.05) is 13.1 Å². The number of rotatable bonds is 4. The molecule has 1 fully saturated rings. The number of halogens is 1. The fourth-order valence-corrected chi connectivity index (χ4v) is 2.38. The second-order valence-electron chi connectivity index (χ2n) is 4.72. The number of carbonyl (C=O) groups excluding carboxylic acids is 1. The van der Waals surface area contributed by atoms with Gasteiger partial charge in [0.05, 0.1) is 18.1 Å². The second-order valence-corrected chi connectivity index (χ2v) is 5.11. The van der Waals surface area contributed by atoms with E-state index in [1.807, 2.05) is 0 Å². The number of nitrogens with two attached hydrogens (primary N) is 1. The van der Waals surface area contributed by atoms with Gasteiger partial charge in [-0.1, -0.05) is 11.6 Å². The normalized spacial score (nSPS) is 17.8. The van der Waals surface area contributed by atoms with Gasteiger partial charge in [-0.3, -0.25) is 14.7 Å². The van der Waals surface area contributed by atoms with E-state index >= 15 is 0 Å². The second kappa shape index (κ2) is 6.11. The van der Waals surface area contributed by atoms with Crippen molar-refractivity contribution < 1.29 is 4.79 Å². The summed E-state index contributed by atoms with van der Waals surface area (Å²) in [6, 6.07) is 0. The molecule has 1 aromatic rings. The maximum atomic E-state index is 10.8. The van der Waals surface area contributed by atoms with Gasteiger partial charge in [0.2, 0.25) is 5.91 Å². The summed E-state index contributed by atoms with van der Waals surface area (Å²) in [4.78, 5) is 21.4. The number of likely N-dealkylation sites (tertiary alicyclic amines) is 1. The Morgan fingerprint density at radius 3 is 2.67 bits per heavy atom. The van der Waals surface area contributed by atoms with Crippen LogP contribution in [0.5, 0.6) is 0 Å². The zero-order chi connectivity index (χ0) is 13.0. The van der Waals surface area contributed by atoms with Crippen molar-refractivity contribution in [3.8, 4) is 0 Å². The summed E-state index contributed by atoms with van der Waals surface area (Å²) >= 11 is 5.69. The lowest BCUT2D eigenvalue weighted by Gasteiger charge is -2.31. The third kappa shape index (κ3) is 3.92. The lowest BCUT2D eigenvalue weighted by Crippen LogP contribution is -2.34. The van der Waals surface area contributed by atoms with E-state index in [-0.39, 0.29) is 5.91 Å². The third-order valence-electron chi connectivity index (χ3n) is 3.26. The molecule has 0 bridgehead atoms.